The minimum absolute atomic E-state index is 0.0663. The predicted molar refractivity (Wildman–Crippen MR) is 427 cm³/mol. The highest BCUT2D eigenvalue weighted by molar-refractivity contribution is 6.32. The number of hydrogen-bond donors (Lipinski definition) is 2. The van der Waals surface area contributed by atoms with Gasteiger partial charge in [-0.15, -0.1) is 10.2 Å². The largest absolute Gasteiger partial charge is 0.508 e. The van der Waals surface area contributed by atoms with Crippen LogP contribution in [0.25, 0.3) is 0 Å². The van der Waals surface area contributed by atoms with E-state index >= 15 is 0 Å². The smallest absolute Gasteiger partial charge is 0.435 e. The molecule has 5 fully saturated rings. The van der Waals surface area contributed by atoms with Gasteiger partial charge >= 0.3 is 30.4 Å². The first-order valence-corrected chi connectivity index (χ1v) is 41.7. The van der Waals surface area contributed by atoms with Crippen LogP contribution in [0.5, 0.6) is 28.7 Å². The number of nitrogens with zero attached hydrogens (tertiary/aromatic N) is 12. The molecule has 656 valence electrons. The van der Waals surface area contributed by atoms with Gasteiger partial charge in [0.05, 0.1) is 55.0 Å². The van der Waals surface area contributed by atoms with Crippen molar-refractivity contribution in [3.63, 3.8) is 0 Å². The van der Waals surface area contributed by atoms with Gasteiger partial charge in [-0.05, 0) is 164 Å². The number of alkyl halides is 6. The van der Waals surface area contributed by atoms with Crippen LogP contribution < -0.4 is 18.9 Å². The van der Waals surface area contributed by atoms with Crippen molar-refractivity contribution in [2.45, 2.75) is 200 Å². The highest BCUT2D eigenvalue weighted by Crippen LogP contribution is 2.51. The minimum Gasteiger partial charge on any atom is -0.508 e. The third-order valence-electron chi connectivity index (χ3n) is 24.5. The Hall–Kier alpha value is -9.83. The van der Waals surface area contributed by atoms with E-state index in [1.54, 1.807) is 105 Å². The number of carboxylic acid groups (broad SMARTS) is 1. The van der Waals surface area contributed by atoms with Crippen LogP contribution in [-0.2, 0) is 109 Å². The van der Waals surface area contributed by atoms with Gasteiger partial charge in [-0.25, -0.2) is 14.2 Å². The Labute approximate surface area is 711 Å². The molecule has 3 saturated heterocycles. The summed E-state index contributed by atoms with van der Waals surface area (Å²) in [6.07, 6.45) is -0.722. The van der Waals surface area contributed by atoms with Crippen LogP contribution in [0.3, 0.4) is 0 Å². The van der Waals surface area contributed by atoms with E-state index in [2.05, 4.69) is 20.6 Å². The van der Waals surface area contributed by atoms with Crippen molar-refractivity contribution in [1.29, 1.82) is 0 Å². The molecule has 0 spiro atoms. The number of esters is 1. The number of phenols is 1. The molecule has 2 saturated carbocycles. The molecule has 0 bridgehead atoms. The zero-order chi connectivity index (χ0) is 87.5. The molecule has 0 radical (unpaired) electrons. The number of phenolic OH excluding ortho intramolecular Hbond substituents is 1. The summed E-state index contributed by atoms with van der Waals surface area (Å²) in [5.41, 5.74) is -1.42. The number of aromatic nitrogens is 6. The molecule has 6 amide bonds. The number of aliphatic carboxylic acids is 1. The van der Waals surface area contributed by atoms with E-state index in [-0.39, 0.29) is 79.6 Å². The van der Waals surface area contributed by atoms with Crippen LogP contribution in [-0.4, -0.2) is 196 Å². The van der Waals surface area contributed by atoms with E-state index in [0.717, 1.165) is 45.3 Å². The molecule has 121 heavy (non-hydrogen) atoms. The fourth-order valence-corrected chi connectivity index (χ4v) is 19.0. The summed E-state index contributed by atoms with van der Waals surface area (Å²) in [5.74, 6) is -2.08. The van der Waals surface area contributed by atoms with Crippen molar-refractivity contribution >= 4 is 82.4 Å². The van der Waals surface area contributed by atoms with Crippen molar-refractivity contribution in [2.24, 2.45) is 36.8 Å². The standard InChI is InChI=1S/C37H43ClF3N5O7.C28H33ClF3N5O5.C19H25ClN2O4/c1-36(35(49)53-20-22-10-11-23(50-3)18-30(22)51-4)15-6-5-8-25(36)34(48)46-17-14-24-26(38)12-13-29(32(24)28(46)19-45-16-7-9-31(45)47)52-21-27-33(37(39,40)41)44(2)43-42-27;1-27(26(40)41)11-4-3-6-17(27)25(39)37-13-10-16-18(29)8-9-21(23(16)20(37)14-36-12-5-7-22(36)38)42-15-19-24(28(30,31)32)35(2)34-33-19;1-19(2,3)26-18(25)22-10-8-12-13(20)6-7-15(23)17(12)14(22)11-21-9-4-5-16(21)24/h10-13,18,25,28H,5-9,14-17,19-21H2,1-4H3;8-9,17,20H,3-7,10-15H2,1-2H3,(H,40,41);6-7,14,23H,4-5,8-11H2,1-3H3/t25-,28+,36-;17-,20+,27-;14-/m001/s1. The molecule has 4 aromatic carbocycles. The van der Waals surface area contributed by atoms with Gasteiger partial charge in [-0.3, -0.25) is 38.5 Å². The molecule has 6 aliphatic heterocycles. The SMILES string of the molecule is CC(C)(C)OC(=O)N1CCc2c(Cl)ccc(O)c2[C@H]1CN1CCCC1=O.COc1ccc(COC(=O)[C@@]2(C)CCCC[C@H]2C(=O)N2CCc3c(Cl)ccc(OCc4nnn(C)c4C(F)(F)F)c3[C@H]2CN2CCCC2=O)c(OC)c1.Cn1nnc(COc2ccc(Cl)c3c2[C@@H](CN2CCCC2=O)N(C(=O)[C@@H]2CCCC[C@]2(C)C(=O)O)CC3)c1C(F)(F)F. The van der Waals surface area contributed by atoms with Crippen molar-refractivity contribution < 1.29 is 103 Å². The average molecular weight is 1760 g/mol. The summed E-state index contributed by atoms with van der Waals surface area (Å²) in [4.78, 5) is 116. The Balaban J connectivity index is 0.000000176. The topological polar surface area (TPSA) is 313 Å². The zero-order valence-electron chi connectivity index (χ0n) is 69.0. The Morgan fingerprint density at radius 3 is 1.36 bits per heavy atom. The zero-order valence-corrected chi connectivity index (χ0v) is 71.2. The first-order valence-electron chi connectivity index (χ1n) is 40.6. The molecular formula is C84H101Cl3F6N12O16. The molecule has 8 aliphatic rings. The monoisotopic (exact) mass is 1750 g/mol. The number of aryl methyl sites for hydroxylation is 2. The number of halogens is 9. The molecule has 2 N–H and O–H groups in total. The van der Waals surface area contributed by atoms with Gasteiger partial charge < -0.3 is 63.1 Å². The number of carboxylic acids is 1. The quantitative estimate of drug-likeness (QED) is 0.0530. The highest BCUT2D eigenvalue weighted by Gasteiger charge is 2.54. The average Bonchev–Trinajstić information content (AvgIpc) is 1.15. The first-order chi connectivity index (χ1) is 57.3. The lowest BCUT2D eigenvalue weighted by Crippen LogP contribution is -2.53. The number of likely N-dealkylation sites (tertiary alicyclic amines) is 3. The molecular weight excluding hydrogens is 1650 g/mol. The van der Waals surface area contributed by atoms with E-state index in [0.29, 0.717) is 186 Å². The van der Waals surface area contributed by atoms with Gasteiger partial charge in [-0.1, -0.05) is 70.9 Å². The summed E-state index contributed by atoms with van der Waals surface area (Å²) in [6, 6.07) is 12.7. The Kier molecular flexibility index (Phi) is 27.7. The minimum atomic E-state index is -4.72. The second-order valence-electron chi connectivity index (χ2n) is 33.3. The van der Waals surface area contributed by atoms with Crippen molar-refractivity contribution in [3.8, 4) is 28.7 Å². The van der Waals surface area contributed by atoms with Gasteiger partial charge in [0.1, 0.15) is 65.6 Å². The van der Waals surface area contributed by atoms with Gasteiger partial charge in [0.25, 0.3) is 0 Å². The van der Waals surface area contributed by atoms with Crippen LogP contribution in [0.1, 0.15) is 204 Å². The maximum absolute atomic E-state index is 14.9. The summed E-state index contributed by atoms with van der Waals surface area (Å²) in [5, 5.41) is 36.4. The van der Waals surface area contributed by atoms with Gasteiger partial charge in [0.15, 0.2) is 11.4 Å². The number of carbonyl (C=O) groups excluding carboxylic acids is 7. The normalized spacial score (nSPS) is 22.4. The highest BCUT2D eigenvalue weighted by atomic mass is 35.5. The van der Waals surface area contributed by atoms with E-state index in [1.807, 2.05) is 20.8 Å². The fraction of sp³-hybridized carbons (Fsp3) is 0.571. The van der Waals surface area contributed by atoms with E-state index in [1.165, 1.54) is 7.11 Å². The molecule has 6 aromatic rings. The summed E-state index contributed by atoms with van der Waals surface area (Å²) < 4.78 is 118. The van der Waals surface area contributed by atoms with Crippen molar-refractivity contribution in [2.75, 3.05) is 73.1 Å². The number of amides is 6. The molecule has 8 heterocycles. The lowest BCUT2D eigenvalue weighted by atomic mass is 9.66. The van der Waals surface area contributed by atoms with Crippen LogP contribution in [0.4, 0.5) is 31.1 Å². The maximum atomic E-state index is 14.9. The number of methoxy groups -OCH3 is 2. The second kappa shape index (κ2) is 37.1. The first kappa shape index (κ1) is 90.4. The van der Waals surface area contributed by atoms with Crippen LogP contribution >= 0.6 is 34.8 Å². The predicted octanol–water partition coefficient (Wildman–Crippen LogP) is 14.0. The number of fused-ring (bicyclic) bond motifs is 3. The lowest BCUT2D eigenvalue weighted by molar-refractivity contribution is -0.169. The number of carbonyl (C=O) groups is 8. The van der Waals surface area contributed by atoms with Crippen molar-refractivity contribution in [3.05, 3.63) is 131 Å². The number of hydrogen-bond acceptors (Lipinski definition) is 19. The molecule has 2 aliphatic carbocycles. The maximum Gasteiger partial charge on any atom is 0.435 e. The molecule has 7 atom stereocenters. The molecule has 0 unspecified atom stereocenters. The fourth-order valence-electron chi connectivity index (χ4n) is 18.2. The summed E-state index contributed by atoms with van der Waals surface area (Å²) in [6.45, 7) is 10.8. The number of benzene rings is 4. The van der Waals surface area contributed by atoms with Gasteiger partial charge in [-0.2, -0.15) is 26.3 Å². The van der Waals surface area contributed by atoms with Crippen molar-refractivity contribution in [1.82, 2.24) is 59.4 Å². The second-order valence-corrected chi connectivity index (χ2v) is 34.5. The summed E-state index contributed by atoms with van der Waals surface area (Å²) >= 11 is 19.7. The molecule has 28 nitrogen and oxygen atoms in total. The third-order valence-corrected chi connectivity index (χ3v) is 25.6. The Morgan fingerprint density at radius 1 is 0.521 bits per heavy atom. The summed E-state index contributed by atoms with van der Waals surface area (Å²) in [7, 11) is 5.35. The third kappa shape index (κ3) is 19.5. The van der Waals surface area contributed by atoms with E-state index in [9.17, 15) is 74.9 Å². The van der Waals surface area contributed by atoms with E-state index in [4.69, 9.17) is 63.2 Å². The number of aromatic hydroxyl groups is 1. The van der Waals surface area contributed by atoms with Crippen LogP contribution in [0.15, 0.2) is 54.6 Å². The molecule has 2 aromatic heterocycles. The Morgan fingerprint density at radius 2 is 0.942 bits per heavy atom. The van der Waals surface area contributed by atoms with Gasteiger partial charge in [0.2, 0.25) is 29.5 Å². The Bertz CT molecular complexity index is 4910. The molecule has 14 rings (SSSR count). The van der Waals surface area contributed by atoms with Crippen LogP contribution in [0, 0.1) is 22.7 Å². The lowest BCUT2D eigenvalue weighted by Gasteiger charge is -2.45. The van der Waals surface area contributed by atoms with Gasteiger partial charge in [0, 0.05) is 136 Å². The molecule has 37 heteroatoms. The number of rotatable bonds is 20. The van der Waals surface area contributed by atoms with Crippen LogP contribution in [0.2, 0.25) is 15.1 Å². The number of ether oxygens (including phenoxy) is 6. The van der Waals surface area contributed by atoms with E-state index < -0.39 is 113 Å².